The maximum atomic E-state index is 13.0. The second-order valence-electron chi connectivity index (χ2n) is 7.23. The van der Waals surface area contributed by atoms with Gasteiger partial charge in [-0.05, 0) is 77.5 Å². The molecule has 158 valence electrons. The van der Waals surface area contributed by atoms with Gasteiger partial charge in [-0.3, -0.25) is 4.79 Å². The van der Waals surface area contributed by atoms with Crippen molar-refractivity contribution in [2.45, 2.75) is 32.3 Å². The minimum absolute atomic E-state index is 0.250. The fourth-order valence-electron chi connectivity index (χ4n) is 3.70. The van der Waals surface area contributed by atoms with Crippen molar-refractivity contribution in [1.29, 1.82) is 5.26 Å². The predicted octanol–water partition coefficient (Wildman–Crippen LogP) is 6.10. The van der Waals surface area contributed by atoms with Crippen LogP contribution in [0.5, 0.6) is 11.5 Å². The lowest BCUT2D eigenvalue weighted by molar-refractivity contribution is 0.102. The summed E-state index contributed by atoms with van der Waals surface area (Å²) in [7, 11) is 1.59. The Morgan fingerprint density at radius 1 is 1.19 bits per heavy atom. The Hall–Kier alpha value is -2.82. The molecule has 1 aliphatic rings. The van der Waals surface area contributed by atoms with Crippen LogP contribution in [0.2, 0.25) is 0 Å². The van der Waals surface area contributed by atoms with Crippen molar-refractivity contribution in [2.24, 2.45) is 0 Å². The topological polar surface area (TPSA) is 71.3 Å². The van der Waals surface area contributed by atoms with E-state index in [2.05, 4.69) is 27.3 Å². The maximum absolute atomic E-state index is 13.0. The molecule has 0 spiro atoms. The van der Waals surface area contributed by atoms with Crippen molar-refractivity contribution in [3.05, 3.63) is 74.1 Å². The van der Waals surface area contributed by atoms with Gasteiger partial charge < -0.3 is 14.8 Å². The number of nitrogens with zero attached hydrogens (tertiary/aromatic N) is 1. The molecule has 7 heteroatoms. The minimum atomic E-state index is -0.250. The lowest BCUT2D eigenvalue weighted by Crippen LogP contribution is -2.13. The second kappa shape index (κ2) is 9.54. The largest absolute Gasteiger partial charge is 0.496 e. The van der Waals surface area contributed by atoms with Gasteiger partial charge in [0.1, 0.15) is 29.2 Å². The normalized spacial score (nSPS) is 12.5. The van der Waals surface area contributed by atoms with Crippen LogP contribution in [0.3, 0.4) is 0 Å². The molecule has 0 radical (unpaired) electrons. The van der Waals surface area contributed by atoms with E-state index < -0.39 is 0 Å². The molecule has 1 N–H and O–H groups in total. The van der Waals surface area contributed by atoms with Crippen molar-refractivity contribution < 1.29 is 14.3 Å². The first-order valence-electron chi connectivity index (χ1n) is 10.0. The number of carbonyl (C=O) groups excluding carboxylic acids is 1. The summed E-state index contributed by atoms with van der Waals surface area (Å²) in [5.41, 5.74) is 2.96. The average molecular weight is 497 g/mol. The van der Waals surface area contributed by atoms with Gasteiger partial charge in [-0.15, -0.1) is 11.3 Å². The first kappa shape index (κ1) is 21.4. The standard InChI is InChI=1S/C24H21BrN2O3S/c1-29-20-11-10-15(12-16(20)14-30-21-8-4-3-7-19(21)25)23(28)27-24-18(13-26)17-6-2-5-9-22(17)31-24/h3-4,7-8,10-12H,2,5-6,9,14H2,1H3,(H,27,28). The van der Waals surface area contributed by atoms with Gasteiger partial charge in [0.05, 0.1) is 17.1 Å². The minimum Gasteiger partial charge on any atom is -0.496 e. The number of hydrogen-bond acceptors (Lipinski definition) is 5. The number of nitriles is 1. The highest BCUT2D eigenvalue weighted by atomic mass is 79.9. The molecule has 5 nitrogen and oxygen atoms in total. The van der Waals surface area contributed by atoms with Gasteiger partial charge in [0, 0.05) is 16.0 Å². The number of para-hydroxylation sites is 1. The molecule has 0 unspecified atom stereocenters. The van der Waals surface area contributed by atoms with Gasteiger partial charge in [-0.1, -0.05) is 12.1 Å². The molecule has 0 bridgehead atoms. The smallest absolute Gasteiger partial charge is 0.256 e. The molecular formula is C24H21BrN2O3S. The van der Waals surface area contributed by atoms with E-state index in [4.69, 9.17) is 9.47 Å². The van der Waals surface area contributed by atoms with Crippen LogP contribution >= 0.6 is 27.3 Å². The summed E-state index contributed by atoms with van der Waals surface area (Å²) in [6.45, 7) is 0.254. The summed E-state index contributed by atoms with van der Waals surface area (Å²) in [6.07, 6.45) is 4.10. The summed E-state index contributed by atoms with van der Waals surface area (Å²) < 4.78 is 12.2. The Kier molecular flexibility index (Phi) is 6.59. The van der Waals surface area contributed by atoms with E-state index >= 15 is 0 Å². The van der Waals surface area contributed by atoms with Crippen LogP contribution in [0.15, 0.2) is 46.9 Å². The second-order valence-corrected chi connectivity index (χ2v) is 9.19. The quantitative estimate of drug-likeness (QED) is 0.447. The van der Waals surface area contributed by atoms with Gasteiger partial charge in [0.15, 0.2) is 0 Å². The molecule has 3 aromatic rings. The highest BCUT2D eigenvalue weighted by Crippen LogP contribution is 2.38. The van der Waals surface area contributed by atoms with E-state index in [1.165, 1.54) is 16.2 Å². The lowest BCUT2D eigenvalue weighted by Gasteiger charge is -2.13. The SMILES string of the molecule is COc1ccc(C(=O)Nc2sc3c(c2C#N)CCCC3)cc1COc1ccccc1Br. The zero-order valence-electron chi connectivity index (χ0n) is 17.0. The number of hydrogen-bond donors (Lipinski definition) is 1. The number of amides is 1. The molecule has 1 aromatic heterocycles. The molecule has 0 aliphatic heterocycles. The Balaban J connectivity index is 1.55. The highest BCUT2D eigenvalue weighted by Gasteiger charge is 2.22. The third kappa shape index (κ3) is 4.60. The number of anilines is 1. The summed E-state index contributed by atoms with van der Waals surface area (Å²) in [5, 5.41) is 13.2. The van der Waals surface area contributed by atoms with Gasteiger partial charge in [-0.2, -0.15) is 5.26 Å². The number of methoxy groups -OCH3 is 1. The first-order chi connectivity index (χ1) is 15.1. The summed E-state index contributed by atoms with van der Waals surface area (Å²) in [6, 6.07) is 15.1. The van der Waals surface area contributed by atoms with Gasteiger partial charge in [0.2, 0.25) is 0 Å². The van der Waals surface area contributed by atoms with Gasteiger partial charge >= 0.3 is 0 Å². The van der Waals surface area contributed by atoms with Crippen molar-refractivity contribution in [2.75, 3.05) is 12.4 Å². The van der Waals surface area contributed by atoms with Crippen LogP contribution in [0, 0.1) is 11.3 Å². The van der Waals surface area contributed by atoms with E-state index in [0.29, 0.717) is 27.6 Å². The molecule has 0 saturated carbocycles. The molecule has 0 fully saturated rings. The third-order valence-corrected chi connectivity index (χ3v) is 7.13. The maximum Gasteiger partial charge on any atom is 0.256 e. The predicted molar refractivity (Wildman–Crippen MR) is 125 cm³/mol. The number of carbonyl (C=O) groups is 1. The first-order valence-corrected chi connectivity index (χ1v) is 11.6. The van der Waals surface area contributed by atoms with Crippen molar-refractivity contribution in [3.63, 3.8) is 0 Å². The molecule has 1 amide bonds. The zero-order chi connectivity index (χ0) is 21.8. The van der Waals surface area contributed by atoms with Crippen LogP contribution in [-0.2, 0) is 19.4 Å². The van der Waals surface area contributed by atoms with Crippen LogP contribution in [-0.4, -0.2) is 13.0 Å². The number of benzene rings is 2. The average Bonchev–Trinajstić information content (AvgIpc) is 3.15. The molecule has 1 heterocycles. The Morgan fingerprint density at radius 2 is 2.00 bits per heavy atom. The van der Waals surface area contributed by atoms with Crippen molar-refractivity contribution in [1.82, 2.24) is 0 Å². The van der Waals surface area contributed by atoms with E-state index in [9.17, 15) is 10.1 Å². The van der Waals surface area contributed by atoms with Gasteiger partial charge in [0.25, 0.3) is 5.91 Å². The summed E-state index contributed by atoms with van der Waals surface area (Å²) in [4.78, 5) is 14.2. The summed E-state index contributed by atoms with van der Waals surface area (Å²) >= 11 is 4.99. The summed E-state index contributed by atoms with van der Waals surface area (Å²) in [5.74, 6) is 1.11. The van der Waals surface area contributed by atoms with Crippen LogP contribution in [0.4, 0.5) is 5.00 Å². The van der Waals surface area contributed by atoms with E-state index in [1.54, 1.807) is 25.3 Å². The van der Waals surface area contributed by atoms with Crippen molar-refractivity contribution >= 4 is 38.2 Å². The third-order valence-electron chi connectivity index (χ3n) is 5.27. The van der Waals surface area contributed by atoms with E-state index in [1.807, 2.05) is 24.3 Å². The zero-order valence-corrected chi connectivity index (χ0v) is 19.4. The number of rotatable bonds is 6. The Bertz CT molecular complexity index is 1170. The monoisotopic (exact) mass is 496 g/mol. The van der Waals surface area contributed by atoms with Crippen LogP contribution in [0.25, 0.3) is 0 Å². The van der Waals surface area contributed by atoms with Crippen LogP contribution in [0.1, 0.15) is 44.8 Å². The molecule has 31 heavy (non-hydrogen) atoms. The highest BCUT2D eigenvalue weighted by molar-refractivity contribution is 9.10. The number of nitrogens with one attached hydrogen (secondary N) is 1. The fraction of sp³-hybridized carbons (Fsp3) is 0.250. The molecule has 1 aliphatic carbocycles. The van der Waals surface area contributed by atoms with E-state index in [-0.39, 0.29) is 12.5 Å². The molecule has 0 saturated heterocycles. The molecule has 2 aromatic carbocycles. The molecular weight excluding hydrogens is 476 g/mol. The lowest BCUT2D eigenvalue weighted by atomic mass is 9.96. The molecule has 0 atom stereocenters. The van der Waals surface area contributed by atoms with Gasteiger partial charge in [-0.25, -0.2) is 0 Å². The number of ether oxygens (including phenoxy) is 2. The molecule has 4 rings (SSSR count). The number of halogens is 1. The van der Waals surface area contributed by atoms with Crippen molar-refractivity contribution in [3.8, 4) is 17.6 Å². The Morgan fingerprint density at radius 3 is 2.77 bits per heavy atom. The fourth-order valence-corrected chi connectivity index (χ4v) is 5.33. The van der Waals surface area contributed by atoms with E-state index in [0.717, 1.165) is 41.3 Å². The number of aryl methyl sites for hydroxylation is 1. The Labute approximate surface area is 193 Å². The van der Waals surface area contributed by atoms with Crippen LogP contribution < -0.4 is 14.8 Å². The number of fused-ring (bicyclic) bond motifs is 1. The number of thiophene rings is 1.